The van der Waals surface area contributed by atoms with E-state index in [4.69, 9.17) is 17.3 Å². The fourth-order valence-electron chi connectivity index (χ4n) is 1.84. The topological polar surface area (TPSA) is 73.0 Å². The lowest BCUT2D eigenvalue weighted by atomic mass is 10.2. The number of sulfone groups is 1. The van der Waals surface area contributed by atoms with Gasteiger partial charge in [0, 0.05) is 12.4 Å². The van der Waals surface area contributed by atoms with Crippen molar-refractivity contribution in [3.63, 3.8) is 0 Å². The van der Waals surface area contributed by atoms with E-state index < -0.39 is 9.84 Å². The van der Waals surface area contributed by atoms with E-state index in [0.29, 0.717) is 5.56 Å². The van der Waals surface area contributed by atoms with Crippen LogP contribution in [0.4, 0.5) is 5.69 Å². The zero-order valence-corrected chi connectivity index (χ0v) is 11.9. The fourth-order valence-corrected chi connectivity index (χ4v) is 3.91. The maximum Gasteiger partial charge on any atom is 0.186 e. The molecule has 0 saturated carbocycles. The van der Waals surface area contributed by atoms with Crippen molar-refractivity contribution in [1.29, 1.82) is 0 Å². The summed E-state index contributed by atoms with van der Waals surface area (Å²) in [5.74, 6) is -0.171. The smallest absolute Gasteiger partial charge is 0.186 e. The van der Waals surface area contributed by atoms with Gasteiger partial charge in [0.25, 0.3) is 0 Å². The molecule has 0 aliphatic heterocycles. The van der Waals surface area contributed by atoms with Gasteiger partial charge in [-0.2, -0.15) is 0 Å². The van der Waals surface area contributed by atoms with Gasteiger partial charge in [0.15, 0.2) is 9.84 Å². The number of halogens is 1. The fraction of sp³-hybridized carbons (Fsp3) is 0.154. The second-order valence-electron chi connectivity index (χ2n) is 4.29. The number of anilines is 1. The molecule has 0 aliphatic carbocycles. The lowest BCUT2D eigenvalue weighted by Crippen LogP contribution is -2.09. The molecule has 19 heavy (non-hydrogen) atoms. The van der Waals surface area contributed by atoms with Gasteiger partial charge in [-0.1, -0.05) is 23.7 Å². The number of aromatic nitrogens is 1. The van der Waals surface area contributed by atoms with Crippen molar-refractivity contribution in [3.8, 4) is 0 Å². The van der Waals surface area contributed by atoms with Gasteiger partial charge in [0.1, 0.15) is 4.90 Å². The van der Waals surface area contributed by atoms with Crippen LogP contribution in [0.1, 0.15) is 11.1 Å². The third-order valence-electron chi connectivity index (χ3n) is 2.60. The minimum Gasteiger partial charge on any atom is -0.398 e. The van der Waals surface area contributed by atoms with E-state index in [9.17, 15) is 8.42 Å². The van der Waals surface area contributed by atoms with E-state index in [2.05, 4.69) is 4.98 Å². The molecule has 6 heteroatoms. The van der Waals surface area contributed by atoms with Gasteiger partial charge in [-0.25, -0.2) is 8.42 Å². The molecule has 0 radical (unpaired) electrons. The number of pyridine rings is 1. The van der Waals surface area contributed by atoms with E-state index in [0.717, 1.165) is 5.56 Å². The van der Waals surface area contributed by atoms with E-state index in [1.54, 1.807) is 18.3 Å². The quantitative estimate of drug-likeness (QED) is 0.884. The Bertz CT molecular complexity index is 694. The first kappa shape index (κ1) is 13.8. The average molecular weight is 297 g/mol. The Hall–Kier alpha value is -1.59. The van der Waals surface area contributed by atoms with Gasteiger partial charge in [0.05, 0.1) is 16.5 Å². The second-order valence-corrected chi connectivity index (χ2v) is 6.62. The number of nitrogen functional groups attached to an aromatic ring is 1. The normalized spacial score (nSPS) is 11.5. The maximum atomic E-state index is 12.4. The van der Waals surface area contributed by atoms with Gasteiger partial charge in [-0.15, -0.1) is 0 Å². The standard InChI is InChI=1S/C13H13ClN2O2S/c1-9-5-10(7-16-6-9)8-19(17,18)13-11(14)3-2-4-12(13)15/h2-7H,8,15H2,1H3. The molecule has 0 unspecified atom stereocenters. The van der Waals surface area contributed by atoms with Crippen molar-refractivity contribution < 1.29 is 8.42 Å². The molecule has 0 fully saturated rings. The molecular formula is C13H13ClN2O2S. The lowest BCUT2D eigenvalue weighted by Gasteiger charge is -2.09. The molecule has 2 N–H and O–H groups in total. The summed E-state index contributed by atoms with van der Waals surface area (Å²) in [5.41, 5.74) is 7.39. The number of hydrogen-bond donors (Lipinski definition) is 1. The van der Waals surface area contributed by atoms with Gasteiger partial charge < -0.3 is 5.73 Å². The Morgan fingerprint density at radius 1 is 1.32 bits per heavy atom. The minimum absolute atomic E-state index is 0.0156. The van der Waals surface area contributed by atoms with E-state index in [-0.39, 0.29) is 21.4 Å². The van der Waals surface area contributed by atoms with Gasteiger partial charge in [-0.3, -0.25) is 4.98 Å². The largest absolute Gasteiger partial charge is 0.398 e. The molecule has 0 amide bonds. The molecule has 2 aromatic rings. The highest BCUT2D eigenvalue weighted by Crippen LogP contribution is 2.29. The first-order valence-electron chi connectivity index (χ1n) is 5.57. The van der Waals surface area contributed by atoms with Gasteiger partial charge in [-0.05, 0) is 30.2 Å². The highest BCUT2D eigenvalue weighted by molar-refractivity contribution is 7.91. The third kappa shape index (κ3) is 3.05. The number of aryl methyl sites for hydroxylation is 1. The highest BCUT2D eigenvalue weighted by atomic mass is 35.5. The molecule has 4 nitrogen and oxygen atoms in total. The zero-order chi connectivity index (χ0) is 14.0. The molecular weight excluding hydrogens is 284 g/mol. The molecule has 0 aliphatic rings. The molecule has 0 atom stereocenters. The first-order chi connectivity index (χ1) is 8.90. The van der Waals surface area contributed by atoms with Crippen LogP contribution in [-0.4, -0.2) is 13.4 Å². The Kier molecular flexibility index (Phi) is 3.78. The maximum absolute atomic E-state index is 12.4. The summed E-state index contributed by atoms with van der Waals surface area (Å²) in [4.78, 5) is 3.96. The van der Waals surface area contributed by atoms with E-state index in [1.807, 2.05) is 6.92 Å². The molecule has 2 rings (SSSR count). The summed E-state index contributed by atoms with van der Waals surface area (Å²) in [7, 11) is -3.59. The van der Waals surface area contributed by atoms with Crippen molar-refractivity contribution in [2.45, 2.75) is 17.6 Å². The van der Waals surface area contributed by atoms with Crippen LogP contribution >= 0.6 is 11.6 Å². The molecule has 1 aromatic heterocycles. The number of hydrogen-bond acceptors (Lipinski definition) is 4. The summed E-state index contributed by atoms with van der Waals surface area (Å²) in [6, 6.07) is 6.43. The van der Waals surface area contributed by atoms with Crippen LogP contribution in [-0.2, 0) is 15.6 Å². The predicted molar refractivity (Wildman–Crippen MR) is 75.7 cm³/mol. The Labute approximate surface area is 117 Å². The van der Waals surface area contributed by atoms with Crippen molar-refractivity contribution in [2.24, 2.45) is 0 Å². The number of rotatable bonds is 3. The molecule has 0 bridgehead atoms. The van der Waals surface area contributed by atoms with E-state index >= 15 is 0 Å². The average Bonchev–Trinajstić information content (AvgIpc) is 2.27. The molecule has 1 heterocycles. The predicted octanol–water partition coefficient (Wildman–Crippen LogP) is 2.60. The Morgan fingerprint density at radius 3 is 2.68 bits per heavy atom. The minimum atomic E-state index is -3.59. The van der Waals surface area contributed by atoms with Crippen molar-refractivity contribution in [1.82, 2.24) is 4.98 Å². The monoisotopic (exact) mass is 296 g/mol. The zero-order valence-electron chi connectivity index (χ0n) is 10.3. The van der Waals surface area contributed by atoms with Crippen LogP contribution < -0.4 is 5.73 Å². The van der Waals surface area contributed by atoms with Crippen LogP contribution in [0.15, 0.2) is 41.6 Å². The van der Waals surface area contributed by atoms with Gasteiger partial charge in [0.2, 0.25) is 0 Å². The number of benzene rings is 1. The third-order valence-corrected chi connectivity index (χ3v) is 4.81. The Balaban J connectivity index is 2.44. The van der Waals surface area contributed by atoms with Crippen molar-refractivity contribution in [3.05, 3.63) is 52.8 Å². The van der Waals surface area contributed by atoms with Crippen LogP contribution in [0, 0.1) is 6.92 Å². The highest BCUT2D eigenvalue weighted by Gasteiger charge is 2.21. The molecule has 100 valence electrons. The van der Waals surface area contributed by atoms with Crippen LogP contribution in [0.3, 0.4) is 0 Å². The van der Waals surface area contributed by atoms with Crippen molar-refractivity contribution >= 4 is 27.1 Å². The Morgan fingerprint density at radius 2 is 2.05 bits per heavy atom. The lowest BCUT2D eigenvalue weighted by molar-refractivity contribution is 0.595. The molecule has 1 aromatic carbocycles. The summed E-state index contributed by atoms with van der Waals surface area (Å²) in [6.07, 6.45) is 3.19. The SMILES string of the molecule is Cc1cncc(CS(=O)(=O)c2c(N)cccc2Cl)c1. The van der Waals surface area contributed by atoms with E-state index in [1.165, 1.54) is 18.3 Å². The summed E-state index contributed by atoms with van der Waals surface area (Å²) in [5, 5.41) is 0.139. The van der Waals surface area contributed by atoms with Crippen molar-refractivity contribution in [2.75, 3.05) is 5.73 Å². The van der Waals surface area contributed by atoms with Gasteiger partial charge >= 0.3 is 0 Å². The summed E-state index contributed by atoms with van der Waals surface area (Å²) < 4.78 is 24.7. The summed E-state index contributed by atoms with van der Waals surface area (Å²) in [6.45, 7) is 1.85. The van der Waals surface area contributed by atoms with Crippen LogP contribution in [0.25, 0.3) is 0 Å². The first-order valence-corrected chi connectivity index (χ1v) is 7.60. The number of nitrogens with two attached hydrogens (primary N) is 1. The molecule has 0 saturated heterocycles. The number of nitrogens with zero attached hydrogens (tertiary/aromatic N) is 1. The van der Waals surface area contributed by atoms with Crippen LogP contribution in [0.2, 0.25) is 5.02 Å². The second kappa shape index (κ2) is 5.19. The molecule has 0 spiro atoms. The van der Waals surface area contributed by atoms with Crippen LogP contribution in [0.5, 0.6) is 0 Å². The summed E-state index contributed by atoms with van der Waals surface area (Å²) >= 11 is 5.94.